The highest BCUT2D eigenvalue weighted by Crippen LogP contribution is 2.23. The molecule has 0 saturated heterocycles. The predicted molar refractivity (Wildman–Crippen MR) is 94.8 cm³/mol. The van der Waals surface area contributed by atoms with Crippen LogP contribution in [0.2, 0.25) is 0 Å². The summed E-state index contributed by atoms with van der Waals surface area (Å²) in [5.74, 6) is 0.925. The highest BCUT2D eigenvalue weighted by Gasteiger charge is 2.35. The fraction of sp³-hybridized carbons (Fsp3) is 0.421. The minimum atomic E-state index is -0.652. The molecule has 1 amide bonds. The molecule has 0 saturated carbocycles. The lowest BCUT2D eigenvalue weighted by atomic mass is 9.88. The van der Waals surface area contributed by atoms with E-state index in [-0.39, 0.29) is 11.7 Å². The van der Waals surface area contributed by atoms with Gasteiger partial charge in [0.05, 0.1) is 18.3 Å². The van der Waals surface area contributed by atoms with Crippen LogP contribution in [0, 0.1) is 0 Å². The third-order valence-electron chi connectivity index (χ3n) is 4.30. The van der Waals surface area contributed by atoms with E-state index in [0.29, 0.717) is 18.7 Å². The molecule has 2 aromatic rings. The molecule has 5 nitrogen and oxygen atoms in total. The summed E-state index contributed by atoms with van der Waals surface area (Å²) in [4.78, 5) is 12.9. The number of hydrogen-bond acceptors (Lipinski definition) is 4. The lowest BCUT2D eigenvalue weighted by Crippen LogP contribution is -2.54. The molecular weight excluding hydrogens is 304 g/mol. The maximum Gasteiger partial charge on any atom is 0.244 e. The van der Waals surface area contributed by atoms with Crippen molar-refractivity contribution >= 4 is 11.6 Å². The fourth-order valence-electron chi connectivity index (χ4n) is 2.69. The van der Waals surface area contributed by atoms with Crippen LogP contribution in [0.3, 0.4) is 0 Å². The maximum absolute atomic E-state index is 12.9. The van der Waals surface area contributed by atoms with E-state index < -0.39 is 5.54 Å². The Morgan fingerprint density at radius 1 is 1.21 bits per heavy atom. The molecule has 0 radical (unpaired) electrons. The summed E-state index contributed by atoms with van der Waals surface area (Å²) in [5, 5.41) is 15.7. The molecule has 2 rings (SSSR count). The van der Waals surface area contributed by atoms with Gasteiger partial charge in [0.2, 0.25) is 5.91 Å². The van der Waals surface area contributed by atoms with Crippen LogP contribution in [-0.2, 0) is 11.3 Å². The van der Waals surface area contributed by atoms with Crippen molar-refractivity contribution in [2.75, 3.05) is 5.32 Å². The van der Waals surface area contributed by atoms with Gasteiger partial charge in [-0.2, -0.15) is 0 Å². The zero-order valence-corrected chi connectivity index (χ0v) is 14.3. The number of anilines is 1. The van der Waals surface area contributed by atoms with Crippen molar-refractivity contribution in [1.82, 2.24) is 5.32 Å². The van der Waals surface area contributed by atoms with Gasteiger partial charge in [-0.05, 0) is 49.2 Å². The maximum atomic E-state index is 12.9. The molecular formula is C19H26N2O3. The van der Waals surface area contributed by atoms with Gasteiger partial charge in [-0.3, -0.25) is 10.1 Å². The molecule has 0 spiro atoms. The molecule has 1 atom stereocenters. The van der Waals surface area contributed by atoms with Crippen LogP contribution in [0.4, 0.5) is 5.69 Å². The Balaban J connectivity index is 2.12. The molecule has 1 aromatic heterocycles. The predicted octanol–water partition coefficient (Wildman–Crippen LogP) is 4.05. The van der Waals surface area contributed by atoms with Crippen molar-refractivity contribution in [3.63, 3.8) is 0 Å². The van der Waals surface area contributed by atoms with E-state index in [1.165, 1.54) is 0 Å². The molecule has 0 aliphatic heterocycles. The van der Waals surface area contributed by atoms with Gasteiger partial charge in [0, 0.05) is 5.69 Å². The summed E-state index contributed by atoms with van der Waals surface area (Å²) in [6, 6.07) is 10.2. The molecule has 0 bridgehead atoms. The first-order valence-corrected chi connectivity index (χ1v) is 8.47. The van der Waals surface area contributed by atoms with Gasteiger partial charge in [0.15, 0.2) is 0 Å². The third-order valence-corrected chi connectivity index (χ3v) is 4.30. The summed E-state index contributed by atoms with van der Waals surface area (Å²) in [5.41, 5.74) is 0.0210. The van der Waals surface area contributed by atoms with Crippen LogP contribution >= 0.6 is 0 Å². The summed E-state index contributed by atoms with van der Waals surface area (Å²) in [6.07, 6.45) is 5.05. The number of nitrogens with one attached hydrogen (secondary N) is 2. The van der Waals surface area contributed by atoms with E-state index >= 15 is 0 Å². The Kier molecular flexibility index (Phi) is 6.44. The van der Waals surface area contributed by atoms with Crippen molar-refractivity contribution in [2.24, 2.45) is 0 Å². The van der Waals surface area contributed by atoms with Crippen LogP contribution in [-0.4, -0.2) is 16.6 Å². The Morgan fingerprint density at radius 3 is 2.54 bits per heavy atom. The smallest absolute Gasteiger partial charge is 0.244 e. The molecule has 0 aliphatic carbocycles. The van der Waals surface area contributed by atoms with Gasteiger partial charge in [0.25, 0.3) is 0 Å². The number of carbonyl (C=O) groups excluding carboxylic acids is 1. The second-order valence-electron chi connectivity index (χ2n) is 5.97. The monoisotopic (exact) mass is 330 g/mol. The minimum absolute atomic E-state index is 0.0595. The first kappa shape index (κ1) is 18.1. The highest BCUT2D eigenvalue weighted by atomic mass is 16.3. The SMILES string of the molecule is CCCC[C@](CC)(NCc1ccco1)C(=O)Nc1ccc(O)cc1. The van der Waals surface area contributed by atoms with E-state index in [4.69, 9.17) is 4.42 Å². The quantitative estimate of drug-likeness (QED) is 0.606. The summed E-state index contributed by atoms with van der Waals surface area (Å²) in [6.45, 7) is 4.64. The Hall–Kier alpha value is -2.27. The number of benzene rings is 1. The molecule has 0 aliphatic rings. The van der Waals surface area contributed by atoms with Crippen LogP contribution in [0.25, 0.3) is 0 Å². The van der Waals surface area contributed by atoms with Gasteiger partial charge in [0.1, 0.15) is 11.5 Å². The molecule has 1 aromatic carbocycles. The minimum Gasteiger partial charge on any atom is -0.508 e. The number of furan rings is 1. The summed E-state index contributed by atoms with van der Waals surface area (Å²) in [7, 11) is 0. The largest absolute Gasteiger partial charge is 0.508 e. The first-order chi connectivity index (χ1) is 11.6. The molecule has 0 fully saturated rings. The topological polar surface area (TPSA) is 74.5 Å². The highest BCUT2D eigenvalue weighted by molar-refractivity contribution is 5.98. The number of phenolic OH excluding ortho intramolecular Hbond substituents is 1. The fourth-order valence-corrected chi connectivity index (χ4v) is 2.69. The third kappa shape index (κ3) is 4.61. The first-order valence-electron chi connectivity index (χ1n) is 8.47. The molecule has 130 valence electrons. The van der Waals surface area contributed by atoms with E-state index in [1.54, 1.807) is 30.5 Å². The van der Waals surface area contributed by atoms with Gasteiger partial charge in [-0.15, -0.1) is 0 Å². The van der Waals surface area contributed by atoms with Gasteiger partial charge in [-0.1, -0.05) is 26.7 Å². The van der Waals surface area contributed by atoms with E-state index in [9.17, 15) is 9.90 Å². The van der Waals surface area contributed by atoms with Crippen molar-refractivity contribution < 1.29 is 14.3 Å². The molecule has 3 N–H and O–H groups in total. The van der Waals surface area contributed by atoms with E-state index in [0.717, 1.165) is 25.0 Å². The van der Waals surface area contributed by atoms with Crippen molar-refractivity contribution in [2.45, 2.75) is 51.6 Å². The molecule has 24 heavy (non-hydrogen) atoms. The number of hydrogen-bond donors (Lipinski definition) is 3. The Bertz CT molecular complexity index is 623. The Morgan fingerprint density at radius 2 is 1.96 bits per heavy atom. The average Bonchev–Trinajstić information content (AvgIpc) is 3.11. The summed E-state index contributed by atoms with van der Waals surface area (Å²) < 4.78 is 5.37. The van der Waals surface area contributed by atoms with Crippen molar-refractivity contribution in [3.8, 4) is 5.75 Å². The lowest BCUT2D eigenvalue weighted by Gasteiger charge is -2.32. The lowest BCUT2D eigenvalue weighted by molar-refractivity contribution is -0.123. The van der Waals surface area contributed by atoms with Crippen molar-refractivity contribution in [3.05, 3.63) is 48.4 Å². The Labute approximate surface area is 143 Å². The second-order valence-corrected chi connectivity index (χ2v) is 5.97. The van der Waals surface area contributed by atoms with Crippen LogP contribution < -0.4 is 10.6 Å². The number of rotatable bonds is 9. The standard InChI is InChI=1S/C19H26N2O3/c1-3-5-12-19(4-2,20-14-17-7-6-13-24-17)18(23)21-15-8-10-16(22)11-9-15/h6-11,13,20,22H,3-5,12,14H2,1-2H3,(H,21,23)/t19-/m0/s1. The summed E-state index contributed by atoms with van der Waals surface area (Å²) >= 11 is 0. The number of aromatic hydroxyl groups is 1. The average molecular weight is 330 g/mol. The number of phenols is 1. The van der Waals surface area contributed by atoms with Gasteiger partial charge < -0.3 is 14.8 Å². The molecule has 0 unspecified atom stereocenters. The number of unbranched alkanes of at least 4 members (excludes halogenated alkanes) is 1. The van der Waals surface area contributed by atoms with Crippen LogP contribution in [0.15, 0.2) is 47.1 Å². The normalized spacial score (nSPS) is 13.4. The molecule has 1 heterocycles. The zero-order valence-electron chi connectivity index (χ0n) is 14.3. The van der Waals surface area contributed by atoms with Gasteiger partial charge in [-0.25, -0.2) is 0 Å². The zero-order chi connectivity index (χ0) is 17.4. The number of amides is 1. The number of carbonyl (C=O) groups is 1. The molecule has 5 heteroatoms. The van der Waals surface area contributed by atoms with Crippen molar-refractivity contribution in [1.29, 1.82) is 0 Å². The van der Waals surface area contributed by atoms with Gasteiger partial charge >= 0.3 is 0 Å². The van der Waals surface area contributed by atoms with Crippen LogP contribution in [0.5, 0.6) is 5.75 Å². The second kappa shape index (κ2) is 8.55. The van der Waals surface area contributed by atoms with Crippen LogP contribution in [0.1, 0.15) is 45.3 Å². The van der Waals surface area contributed by atoms with E-state index in [2.05, 4.69) is 17.6 Å². The van der Waals surface area contributed by atoms with E-state index in [1.807, 2.05) is 19.1 Å².